The van der Waals surface area contributed by atoms with E-state index < -0.39 is 0 Å². The number of hydrogen-bond acceptors (Lipinski definition) is 2. The third kappa shape index (κ3) is 2.62. The highest BCUT2D eigenvalue weighted by Gasteiger charge is 2.18. The molecule has 19 heavy (non-hydrogen) atoms. The molecule has 2 aromatic rings. The lowest BCUT2D eigenvalue weighted by Crippen LogP contribution is -2.16. The lowest BCUT2D eigenvalue weighted by molar-refractivity contribution is 0.319. The molecule has 0 spiro atoms. The van der Waals surface area contributed by atoms with Crippen molar-refractivity contribution in [1.29, 1.82) is 0 Å². The maximum atomic E-state index is 6.05. The minimum Gasteiger partial charge on any atom is -0.311 e. The molecule has 1 fully saturated rings. The van der Waals surface area contributed by atoms with E-state index in [0.29, 0.717) is 5.88 Å². The van der Waals surface area contributed by atoms with Crippen molar-refractivity contribution in [3.8, 4) is 0 Å². The van der Waals surface area contributed by atoms with Gasteiger partial charge in [-0.15, -0.1) is 11.6 Å². The van der Waals surface area contributed by atoms with Gasteiger partial charge in [-0.1, -0.05) is 19.3 Å². The second kappa shape index (κ2) is 5.49. The van der Waals surface area contributed by atoms with Gasteiger partial charge in [-0.2, -0.15) is 0 Å². The maximum Gasteiger partial charge on any atom is 0.160 e. The van der Waals surface area contributed by atoms with E-state index in [1.54, 1.807) is 0 Å². The van der Waals surface area contributed by atoms with E-state index in [9.17, 15) is 0 Å². The Bertz CT molecular complexity index is 570. The molecule has 0 N–H and O–H groups in total. The zero-order valence-corrected chi connectivity index (χ0v) is 12.2. The summed E-state index contributed by atoms with van der Waals surface area (Å²) in [5.41, 5.74) is 3.01. The fourth-order valence-corrected chi connectivity index (χ4v) is 3.27. The normalized spacial score (nSPS) is 17.2. The van der Waals surface area contributed by atoms with Gasteiger partial charge >= 0.3 is 0 Å². The Kier molecular flexibility index (Phi) is 3.74. The maximum absolute atomic E-state index is 6.05. The number of rotatable bonds is 3. The summed E-state index contributed by atoms with van der Waals surface area (Å²) in [4.78, 5) is 9.26. The second-order valence-electron chi connectivity index (χ2n) is 5.57. The van der Waals surface area contributed by atoms with Crippen LogP contribution >= 0.6 is 11.6 Å². The van der Waals surface area contributed by atoms with Crippen molar-refractivity contribution in [2.75, 3.05) is 0 Å². The van der Waals surface area contributed by atoms with Gasteiger partial charge in [-0.3, -0.25) is 0 Å². The quantitative estimate of drug-likeness (QED) is 0.792. The van der Waals surface area contributed by atoms with Gasteiger partial charge in [0.1, 0.15) is 11.3 Å². The van der Waals surface area contributed by atoms with Crippen molar-refractivity contribution in [2.45, 2.75) is 51.5 Å². The Labute approximate surface area is 119 Å². The van der Waals surface area contributed by atoms with Crippen molar-refractivity contribution in [2.24, 2.45) is 5.92 Å². The Morgan fingerprint density at radius 3 is 2.74 bits per heavy atom. The first-order chi connectivity index (χ1) is 9.28. The molecule has 3 nitrogen and oxygen atoms in total. The number of halogens is 1. The summed E-state index contributed by atoms with van der Waals surface area (Å²) in [5.74, 6) is 2.18. The highest BCUT2D eigenvalue weighted by atomic mass is 35.5. The molecule has 1 saturated carbocycles. The number of fused-ring (bicyclic) bond motifs is 1. The minimum absolute atomic E-state index is 0.460. The number of aryl methyl sites for hydroxylation is 1. The molecular formula is C15H20ClN3. The fourth-order valence-electron chi connectivity index (χ4n) is 3.06. The van der Waals surface area contributed by atoms with Crippen LogP contribution in [-0.4, -0.2) is 14.5 Å². The molecule has 0 atom stereocenters. The highest BCUT2D eigenvalue weighted by Crippen LogP contribution is 2.27. The summed E-state index contributed by atoms with van der Waals surface area (Å²) >= 11 is 6.05. The van der Waals surface area contributed by atoms with E-state index >= 15 is 0 Å². The summed E-state index contributed by atoms with van der Waals surface area (Å²) in [6, 6.07) is 4.06. The molecule has 0 aliphatic heterocycles. The average molecular weight is 278 g/mol. The summed E-state index contributed by atoms with van der Waals surface area (Å²) in [6.07, 6.45) is 6.77. The van der Waals surface area contributed by atoms with Crippen LogP contribution in [0.1, 0.15) is 43.6 Å². The third-order valence-corrected chi connectivity index (χ3v) is 4.33. The van der Waals surface area contributed by atoms with Gasteiger partial charge in [0.25, 0.3) is 0 Å². The lowest BCUT2D eigenvalue weighted by Gasteiger charge is -2.22. The Hall–Kier alpha value is -1.09. The average Bonchev–Trinajstić information content (AvgIpc) is 2.78. The zero-order chi connectivity index (χ0) is 13.2. The van der Waals surface area contributed by atoms with E-state index in [0.717, 1.165) is 35.1 Å². The molecule has 2 aromatic heterocycles. The molecule has 0 amide bonds. The number of hydrogen-bond donors (Lipinski definition) is 0. The van der Waals surface area contributed by atoms with Crippen LogP contribution < -0.4 is 0 Å². The number of pyridine rings is 1. The SMILES string of the molecule is Cc1ccc2nc(CCl)n(CC3CCCCC3)c2n1. The van der Waals surface area contributed by atoms with Gasteiger partial charge in [0.05, 0.1) is 5.88 Å². The smallest absolute Gasteiger partial charge is 0.160 e. The second-order valence-corrected chi connectivity index (χ2v) is 5.84. The van der Waals surface area contributed by atoms with Crippen molar-refractivity contribution in [3.05, 3.63) is 23.7 Å². The van der Waals surface area contributed by atoms with E-state index in [4.69, 9.17) is 11.6 Å². The minimum atomic E-state index is 0.460. The van der Waals surface area contributed by atoms with Crippen molar-refractivity contribution in [3.63, 3.8) is 0 Å². The first-order valence-electron chi connectivity index (χ1n) is 7.16. The fraction of sp³-hybridized carbons (Fsp3) is 0.600. The molecule has 4 heteroatoms. The molecule has 1 aliphatic carbocycles. The van der Waals surface area contributed by atoms with Crippen LogP contribution in [0.2, 0.25) is 0 Å². The van der Waals surface area contributed by atoms with Crippen LogP contribution in [0.15, 0.2) is 12.1 Å². The molecule has 1 aliphatic rings. The van der Waals surface area contributed by atoms with Crippen molar-refractivity contribution < 1.29 is 0 Å². The molecule has 0 radical (unpaired) electrons. The summed E-state index contributed by atoms with van der Waals surface area (Å²) in [6.45, 7) is 3.05. The van der Waals surface area contributed by atoms with Crippen LogP contribution in [-0.2, 0) is 12.4 Å². The summed E-state index contributed by atoms with van der Waals surface area (Å²) in [5, 5.41) is 0. The number of imidazole rings is 1. The number of alkyl halides is 1. The molecule has 3 rings (SSSR count). The lowest BCUT2D eigenvalue weighted by atomic mass is 9.89. The molecule has 0 unspecified atom stereocenters. The van der Waals surface area contributed by atoms with Crippen LogP contribution in [0.3, 0.4) is 0 Å². The largest absolute Gasteiger partial charge is 0.311 e. The van der Waals surface area contributed by atoms with Crippen molar-refractivity contribution >= 4 is 22.8 Å². The number of aromatic nitrogens is 3. The van der Waals surface area contributed by atoms with Crippen molar-refractivity contribution in [1.82, 2.24) is 14.5 Å². The zero-order valence-electron chi connectivity index (χ0n) is 11.4. The Morgan fingerprint density at radius 2 is 2.00 bits per heavy atom. The van der Waals surface area contributed by atoms with Gasteiger partial charge in [-0.25, -0.2) is 9.97 Å². The standard InChI is InChI=1S/C15H20ClN3/c1-11-7-8-13-15(17-11)19(14(9-16)18-13)10-12-5-3-2-4-6-12/h7-8,12H,2-6,9-10H2,1H3. The number of nitrogens with zero attached hydrogens (tertiary/aromatic N) is 3. The first-order valence-corrected chi connectivity index (χ1v) is 7.70. The Morgan fingerprint density at radius 1 is 1.21 bits per heavy atom. The van der Waals surface area contributed by atoms with Crippen LogP contribution in [0.5, 0.6) is 0 Å². The van der Waals surface area contributed by atoms with E-state index in [2.05, 4.69) is 14.5 Å². The van der Waals surface area contributed by atoms with Gasteiger partial charge in [0.2, 0.25) is 0 Å². The summed E-state index contributed by atoms with van der Waals surface area (Å²) in [7, 11) is 0. The monoisotopic (exact) mass is 277 g/mol. The highest BCUT2D eigenvalue weighted by molar-refractivity contribution is 6.16. The first kappa shape index (κ1) is 12.9. The van der Waals surface area contributed by atoms with E-state index in [1.165, 1.54) is 32.1 Å². The molecule has 0 aromatic carbocycles. The predicted octanol–water partition coefficient (Wildman–Crippen LogP) is 4.06. The molecule has 0 bridgehead atoms. The molecule has 0 saturated heterocycles. The third-order valence-electron chi connectivity index (χ3n) is 4.10. The molecular weight excluding hydrogens is 258 g/mol. The van der Waals surface area contributed by atoms with Gasteiger partial charge in [0, 0.05) is 12.2 Å². The van der Waals surface area contributed by atoms with E-state index in [1.807, 2.05) is 19.1 Å². The van der Waals surface area contributed by atoms with Gasteiger partial charge in [-0.05, 0) is 37.8 Å². The summed E-state index contributed by atoms with van der Waals surface area (Å²) < 4.78 is 2.24. The topological polar surface area (TPSA) is 30.7 Å². The molecule has 102 valence electrons. The van der Waals surface area contributed by atoms with Gasteiger partial charge in [0.15, 0.2) is 5.65 Å². The van der Waals surface area contributed by atoms with E-state index in [-0.39, 0.29) is 0 Å². The van der Waals surface area contributed by atoms with Crippen LogP contribution in [0.4, 0.5) is 0 Å². The Balaban J connectivity index is 1.97. The van der Waals surface area contributed by atoms with Crippen LogP contribution in [0, 0.1) is 12.8 Å². The van der Waals surface area contributed by atoms with Gasteiger partial charge < -0.3 is 4.57 Å². The van der Waals surface area contributed by atoms with Crippen LogP contribution in [0.25, 0.3) is 11.2 Å². The molecule has 2 heterocycles. The predicted molar refractivity (Wildman–Crippen MR) is 78.4 cm³/mol.